The predicted molar refractivity (Wildman–Crippen MR) is 220 cm³/mol. The van der Waals surface area contributed by atoms with Crippen molar-refractivity contribution in [2.45, 2.75) is 0 Å². The van der Waals surface area contributed by atoms with Gasteiger partial charge >= 0.3 is 0 Å². The number of rotatable bonds is 6. The minimum Gasteiger partial charge on any atom is -0.307 e. The van der Waals surface area contributed by atoms with Gasteiger partial charge in [0.15, 0.2) is 0 Å². The highest BCUT2D eigenvalue weighted by molar-refractivity contribution is 6.36. The fraction of sp³-hybridized carbons (Fsp3) is 0. The normalized spacial score (nSPS) is 12.5. The van der Waals surface area contributed by atoms with E-state index in [0.717, 1.165) is 66.3 Å². The van der Waals surface area contributed by atoms with Gasteiger partial charge in [-0.1, -0.05) is 164 Å². The molecule has 8 aromatic carbocycles. The molecule has 0 bridgehead atoms. The van der Waals surface area contributed by atoms with Gasteiger partial charge in [0.2, 0.25) is 0 Å². The molecule has 1 aliphatic heterocycles. The molecule has 0 aliphatic carbocycles. The molecule has 0 atom stereocenters. The molecule has 0 unspecified atom stereocenters. The Morgan fingerprint density at radius 2 is 0.759 bits per heavy atom. The Hall–Kier alpha value is -7.30. The third kappa shape index (κ3) is 5.00. The molecule has 0 N–H and O–H groups in total. The second-order valence-electron chi connectivity index (χ2n) is 13.6. The second-order valence-corrected chi connectivity index (χ2v) is 13.6. The van der Waals surface area contributed by atoms with Gasteiger partial charge in [-0.15, -0.1) is 0 Å². The first-order valence-electron chi connectivity index (χ1n) is 18.1. The first-order valence-corrected chi connectivity index (χ1v) is 18.1. The molecule has 54 heavy (non-hydrogen) atoms. The van der Waals surface area contributed by atoms with Gasteiger partial charge in [0.1, 0.15) is 0 Å². The molecule has 0 radical (unpaired) electrons. The van der Waals surface area contributed by atoms with E-state index in [1.54, 1.807) is 6.07 Å². The smallest absolute Gasteiger partial charge is 0.268 e. The Balaban J connectivity index is 1.24. The maximum atomic E-state index is 15.1. The Kier molecular flexibility index (Phi) is 7.41. The fourth-order valence-electron chi connectivity index (χ4n) is 8.08. The van der Waals surface area contributed by atoms with Crippen LogP contribution in [0.2, 0.25) is 0 Å². The Morgan fingerprint density at radius 3 is 1.24 bits per heavy atom. The summed E-state index contributed by atoms with van der Waals surface area (Å²) in [5.74, 6) is -0.687. The van der Waals surface area contributed by atoms with Crippen LogP contribution in [-0.2, 0) is 0 Å². The zero-order valence-electron chi connectivity index (χ0n) is 29.2. The number of amides is 2. The molecule has 10 rings (SSSR count). The molecule has 0 saturated carbocycles. The number of fused-ring (bicyclic) bond motifs is 4. The van der Waals surface area contributed by atoms with Gasteiger partial charge in [-0.3, -0.25) is 9.59 Å². The number of hydrogen-bond acceptors (Lipinski definition) is 2. The Labute approximate surface area is 312 Å². The van der Waals surface area contributed by atoms with Crippen LogP contribution < -0.4 is 4.90 Å². The van der Waals surface area contributed by atoms with Crippen LogP contribution in [0.15, 0.2) is 194 Å². The van der Waals surface area contributed by atoms with Crippen LogP contribution in [0, 0.1) is 0 Å². The summed E-state index contributed by atoms with van der Waals surface area (Å²) in [6.45, 7) is 0. The molecule has 4 nitrogen and oxygen atoms in total. The van der Waals surface area contributed by atoms with Gasteiger partial charge in [0.25, 0.3) is 11.8 Å². The van der Waals surface area contributed by atoms with Crippen LogP contribution in [0.1, 0.15) is 20.7 Å². The van der Waals surface area contributed by atoms with Crippen molar-refractivity contribution in [3.8, 4) is 50.2 Å². The van der Waals surface area contributed by atoms with Gasteiger partial charge in [0.05, 0.1) is 33.5 Å². The van der Waals surface area contributed by atoms with E-state index in [1.165, 1.54) is 4.90 Å². The Morgan fingerprint density at radius 1 is 0.333 bits per heavy atom. The third-order valence-electron chi connectivity index (χ3n) is 10.5. The van der Waals surface area contributed by atoms with Crippen LogP contribution in [0.3, 0.4) is 0 Å². The first-order chi connectivity index (χ1) is 26.7. The van der Waals surface area contributed by atoms with Crippen molar-refractivity contribution < 1.29 is 9.59 Å². The van der Waals surface area contributed by atoms with Gasteiger partial charge < -0.3 is 4.57 Å². The molecule has 4 heteroatoms. The van der Waals surface area contributed by atoms with E-state index in [4.69, 9.17) is 0 Å². The molecule has 2 amide bonds. The number of hydrogen-bond donors (Lipinski definition) is 0. The van der Waals surface area contributed by atoms with Crippen molar-refractivity contribution in [2.24, 2.45) is 0 Å². The lowest BCUT2D eigenvalue weighted by atomic mass is 9.97. The number of carbonyl (C=O) groups excluding carboxylic acids is 2. The molecular weight excluding hydrogens is 661 g/mol. The standard InChI is InChI=1S/C50H32N2O2/c53-49-44-28-15-29-45(46(44)50(54)51(49)39-31-37(33-16-5-1-6-17-33)30-38(32-39)34-18-7-2-8-19-34)52-47-40(35-20-9-3-10-21-35)24-13-26-42(47)43-27-14-25-41(48(43)52)36-22-11-4-12-23-36/h1-32H. The number of benzene rings is 8. The summed E-state index contributed by atoms with van der Waals surface area (Å²) in [5, 5.41) is 2.14. The largest absolute Gasteiger partial charge is 0.307 e. The van der Waals surface area contributed by atoms with Crippen LogP contribution in [0.25, 0.3) is 72.0 Å². The number of nitrogens with zero attached hydrogens (tertiary/aromatic N) is 2. The van der Waals surface area contributed by atoms with Crippen LogP contribution in [0.5, 0.6) is 0 Å². The van der Waals surface area contributed by atoms with Crippen molar-refractivity contribution in [3.05, 3.63) is 205 Å². The minimum absolute atomic E-state index is 0.339. The highest BCUT2D eigenvalue weighted by Crippen LogP contribution is 2.44. The molecule has 9 aromatic rings. The van der Waals surface area contributed by atoms with Crippen molar-refractivity contribution in [1.82, 2.24) is 4.57 Å². The number of carbonyl (C=O) groups is 2. The summed E-state index contributed by atoms with van der Waals surface area (Å²) in [5.41, 5.74) is 12.0. The second kappa shape index (κ2) is 12.7. The predicted octanol–water partition coefficient (Wildman–Crippen LogP) is 12.3. The summed E-state index contributed by atoms with van der Waals surface area (Å²) in [4.78, 5) is 31.1. The summed E-state index contributed by atoms with van der Waals surface area (Å²) >= 11 is 0. The van der Waals surface area contributed by atoms with E-state index >= 15 is 4.79 Å². The van der Waals surface area contributed by atoms with Gasteiger partial charge in [0, 0.05) is 21.9 Å². The molecule has 2 heterocycles. The van der Waals surface area contributed by atoms with E-state index in [9.17, 15) is 4.79 Å². The highest BCUT2D eigenvalue weighted by atomic mass is 16.2. The first kappa shape index (κ1) is 31.4. The van der Waals surface area contributed by atoms with E-state index in [2.05, 4.69) is 71.3 Å². The van der Waals surface area contributed by atoms with Crippen molar-refractivity contribution in [1.29, 1.82) is 0 Å². The molecule has 0 fully saturated rings. The van der Waals surface area contributed by atoms with Gasteiger partial charge in [-0.05, 0) is 63.7 Å². The SMILES string of the molecule is O=C1c2cccc(-n3c4c(-c5ccccc5)cccc4c4cccc(-c5ccccc5)c43)c2C(=O)N1c1cc(-c2ccccc2)cc(-c2ccccc2)c1. The molecule has 0 saturated heterocycles. The van der Waals surface area contributed by atoms with E-state index in [1.807, 2.05) is 121 Å². The topological polar surface area (TPSA) is 42.3 Å². The van der Waals surface area contributed by atoms with Crippen molar-refractivity contribution in [3.63, 3.8) is 0 Å². The molecular formula is C50H32N2O2. The maximum Gasteiger partial charge on any atom is 0.268 e. The number of anilines is 1. The minimum atomic E-state index is -0.348. The summed E-state index contributed by atoms with van der Waals surface area (Å²) in [6.07, 6.45) is 0. The summed E-state index contributed by atoms with van der Waals surface area (Å²) in [6, 6.07) is 65.3. The van der Waals surface area contributed by atoms with Crippen molar-refractivity contribution in [2.75, 3.05) is 4.90 Å². The monoisotopic (exact) mass is 692 g/mol. The quantitative estimate of drug-likeness (QED) is 0.163. The van der Waals surface area contributed by atoms with E-state index in [-0.39, 0.29) is 11.8 Å². The van der Waals surface area contributed by atoms with Crippen LogP contribution in [-0.4, -0.2) is 16.4 Å². The lowest BCUT2D eigenvalue weighted by Crippen LogP contribution is -2.29. The lowest BCUT2D eigenvalue weighted by Gasteiger charge is -2.18. The number of imide groups is 1. The number of para-hydroxylation sites is 2. The number of aromatic nitrogens is 1. The highest BCUT2D eigenvalue weighted by Gasteiger charge is 2.40. The molecule has 0 spiro atoms. The summed E-state index contributed by atoms with van der Waals surface area (Å²) < 4.78 is 2.22. The zero-order chi connectivity index (χ0) is 36.2. The van der Waals surface area contributed by atoms with Crippen molar-refractivity contribution >= 4 is 39.3 Å². The van der Waals surface area contributed by atoms with E-state index in [0.29, 0.717) is 22.5 Å². The zero-order valence-corrected chi connectivity index (χ0v) is 29.2. The van der Waals surface area contributed by atoms with Gasteiger partial charge in [-0.25, -0.2) is 4.90 Å². The average molecular weight is 693 g/mol. The molecule has 1 aromatic heterocycles. The van der Waals surface area contributed by atoms with Crippen LogP contribution in [0.4, 0.5) is 5.69 Å². The van der Waals surface area contributed by atoms with Crippen LogP contribution >= 0.6 is 0 Å². The molecule has 254 valence electrons. The Bertz CT molecular complexity index is 2740. The van der Waals surface area contributed by atoms with Gasteiger partial charge in [-0.2, -0.15) is 0 Å². The summed E-state index contributed by atoms with van der Waals surface area (Å²) in [7, 11) is 0. The fourth-order valence-corrected chi connectivity index (χ4v) is 8.08. The van der Waals surface area contributed by atoms with E-state index < -0.39 is 0 Å². The maximum absolute atomic E-state index is 15.1. The third-order valence-corrected chi connectivity index (χ3v) is 10.5. The average Bonchev–Trinajstić information content (AvgIpc) is 3.72. The molecule has 1 aliphatic rings. The lowest BCUT2D eigenvalue weighted by molar-refractivity contribution is 0.0926.